The number of rotatable bonds is 8. The summed E-state index contributed by atoms with van der Waals surface area (Å²) in [5, 5.41) is 9.21. The van der Waals surface area contributed by atoms with Crippen LogP contribution in [0.5, 0.6) is 5.75 Å². The van der Waals surface area contributed by atoms with Crippen LogP contribution in [0.3, 0.4) is 0 Å². The number of carbonyl (C=O) groups is 2. The predicted molar refractivity (Wildman–Crippen MR) is 125 cm³/mol. The van der Waals surface area contributed by atoms with E-state index in [1.807, 2.05) is 54.6 Å². The number of carbonyl (C=O) groups excluding carboxylic acids is 2. The van der Waals surface area contributed by atoms with Crippen molar-refractivity contribution in [1.29, 1.82) is 0 Å². The molecule has 1 aliphatic heterocycles. The van der Waals surface area contributed by atoms with Gasteiger partial charge in [0, 0.05) is 36.8 Å². The second-order valence-electron chi connectivity index (χ2n) is 7.39. The number of thiazole rings is 1. The number of hydrogen-bond acceptors (Lipinski definition) is 6. The van der Waals surface area contributed by atoms with Crippen molar-refractivity contribution in [1.82, 2.24) is 9.99 Å². The SMILES string of the molecule is COc1cccc(Cc2cnc(NC(=O)CCC(=O)N3CCC(c4ccccc4)=N3)s2)c1. The molecule has 0 atom stereocenters. The van der Waals surface area contributed by atoms with Crippen LogP contribution < -0.4 is 10.1 Å². The molecule has 0 saturated carbocycles. The number of ether oxygens (including phenoxy) is 1. The minimum Gasteiger partial charge on any atom is -0.497 e. The number of benzene rings is 2. The van der Waals surface area contributed by atoms with Gasteiger partial charge in [0.15, 0.2) is 5.13 Å². The molecule has 0 saturated heterocycles. The number of methoxy groups -OCH3 is 1. The molecule has 1 aliphatic rings. The van der Waals surface area contributed by atoms with Crippen LogP contribution in [0.15, 0.2) is 65.9 Å². The Bertz CT molecular complexity index is 1130. The number of anilines is 1. The van der Waals surface area contributed by atoms with Crippen molar-refractivity contribution in [2.24, 2.45) is 5.10 Å². The Morgan fingerprint density at radius 3 is 2.78 bits per heavy atom. The third-order valence-corrected chi connectivity index (χ3v) is 5.99. The molecule has 2 amide bonds. The number of hydrazone groups is 1. The van der Waals surface area contributed by atoms with Crippen molar-refractivity contribution in [3.63, 3.8) is 0 Å². The van der Waals surface area contributed by atoms with Crippen LogP contribution in [-0.2, 0) is 16.0 Å². The molecular formula is C24H24N4O3S. The first-order valence-corrected chi connectivity index (χ1v) is 11.2. The van der Waals surface area contributed by atoms with Crippen LogP contribution in [-0.4, -0.2) is 41.2 Å². The monoisotopic (exact) mass is 448 g/mol. The molecule has 0 spiro atoms. The van der Waals surface area contributed by atoms with Crippen molar-refractivity contribution < 1.29 is 14.3 Å². The highest BCUT2D eigenvalue weighted by Gasteiger charge is 2.22. The fourth-order valence-corrected chi connectivity index (χ4v) is 4.30. The van der Waals surface area contributed by atoms with E-state index in [1.165, 1.54) is 16.3 Å². The molecule has 0 bridgehead atoms. The van der Waals surface area contributed by atoms with Gasteiger partial charge >= 0.3 is 0 Å². The first-order valence-electron chi connectivity index (χ1n) is 10.4. The molecule has 2 aromatic carbocycles. The molecule has 8 heteroatoms. The lowest BCUT2D eigenvalue weighted by molar-refractivity contribution is -0.132. The molecule has 1 N–H and O–H groups in total. The van der Waals surface area contributed by atoms with E-state index in [2.05, 4.69) is 15.4 Å². The summed E-state index contributed by atoms with van der Waals surface area (Å²) < 4.78 is 5.25. The average Bonchev–Trinajstić information content (AvgIpc) is 3.48. The summed E-state index contributed by atoms with van der Waals surface area (Å²) in [7, 11) is 1.64. The molecular weight excluding hydrogens is 424 g/mol. The van der Waals surface area contributed by atoms with Crippen molar-refractivity contribution in [3.8, 4) is 5.75 Å². The van der Waals surface area contributed by atoms with Gasteiger partial charge in [-0.15, -0.1) is 11.3 Å². The number of nitrogens with one attached hydrogen (secondary N) is 1. The van der Waals surface area contributed by atoms with Gasteiger partial charge in [-0.3, -0.25) is 9.59 Å². The van der Waals surface area contributed by atoms with E-state index in [0.29, 0.717) is 18.1 Å². The average molecular weight is 449 g/mol. The second-order valence-corrected chi connectivity index (χ2v) is 8.50. The zero-order valence-electron chi connectivity index (χ0n) is 17.8. The van der Waals surface area contributed by atoms with E-state index in [-0.39, 0.29) is 24.7 Å². The molecule has 0 aliphatic carbocycles. The fourth-order valence-electron chi connectivity index (χ4n) is 3.43. The molecule has 7 nitrogen and oxygen atoms in total. The van der Waals surface area contributed by atoms with E-state index in [9.17, 15) is 9.59 Å². The third kappa shape index (κ3) is 5.59. The zero-order valence-corrected chi connectivity index (χ0v) is 18.6. The molecule has 4 rings (SSSR count). The normalized spacial score (nSPS) is 13.0. The van der Waals surface area contributed by atoms with E-state index in [4.69, 9.17) is 4.74 Å². The first kappa shape index (κ1) is 21.7. The van der Waals surface area contributed by atoms with E-state index in [1.54, 1.807) is 13.3 Å². The van der Waals surface area contributed by atoms with Crippen molar-refractivity contribution in [3.05, 3.63) is 76.8 Å². The van der Waals surface area contributed by atoms with Crippen LogP contribution in [0.25, 0.3) is 0 Å². The van der Waals surface area contributed by atoms with Gasteiger partial charge in [0.05, 0.1) is 19.4 Å². The van der Waals surface area contributed by atoms with Crippen LogP contribution in [0, 0.1) is 0 Å². The number of hydrogen-bond donors (Lipinski definition) is 1. The lowest BCUT2D eigenvalue weighted by Gasteiger charge is -2.10. The Balaban J connectivity index is 1.25. The van der Waals surface area contributed by atoms with Gasteiger partial charge in [0.25, 0.3) is 0 Å². The summed E-state index contributed by atoms with van der Waals surface area (Å²) in [6.07, 6.45) is 3.39. The van der Waals surface area contributed by atoms with E-state index >= 15 is 0 Å². The fraction of sp³-hybridized carbons (Fsp3) is 0.250. The topological polar surface area (TPSA) is 83.9 Å². The lowest BCUT2D eigenvalue weighted by Crippen LogP contribution is -2.24. The van der Waals surface area contributed by atoms with Gasteiger partial charge in [-0.25, -0.2) is 9.99 Å². The van der Waals surface area contributed by atoms with Gasteiger partial charge in [-0.05, 0) is 23.3 Å². The van der Waals surface area contributed by atoms with Gasteiger partial charge in [-0.2, -0.15) is 5.10 Å². The summed E-state index contributed by atoms with van der Waals surface area (Å²) >= 11 is 1.43. The maximum Gasteiger partial charge on any atom is 0.243 e. The van der Waals surface area contributed by atoms with Crippen LogP contribution in [0.2, 0.25) is 0 Å². The highest BCUT2D eigenvalue weighted by molar-refractivity contribution is 7.15. The van der Waals surface area contributed by atoms with Gasteiger partial charge < -0.3 is 10.1 Å². The van der Waals surface area contributed by atoms with Gasteiger partial charge in [0.1, 0.15) is 5.75 Å². The van der Waals surface area contributed by atoms with Crippen LogP contribution in [0.4, 0.5) is 5.13 Å². The summed E-state index contributed by atoms with van der Waals surface area (Å²) in [6, 6.07) is 17.7. The maximum atomic E-state index is 12.5. The molecule has 2 heterocycles. The minimum absolute atomic E-state index is 0.0936. The number of aromatic nitrogens is 1. The lowest BCUT2D eigenvalue weighted by atomic mass is 10.1. The highest BCUT2D eigenvalue weighted by Crippen LogP contribution is 2.23. The molecule has 0 unspecified atom stereocenters. The Morgan fingerprint density at radius 2 is 1.97 bits per heavy atom. The van der Waals surface area contributed by atoms with Crippen LogP contribution >= 0.6 is 11.3 Å². The minimum atomic E-state index is -0.230. The Hall–Kier alpha value is -3.52. The van der Waals surface area contributed by atoms with Crippen LogP contribution in [0.1, 0.15) is 35.3 Å². The summed E-state index contributed by atoms with van der Waals surface area (Å²) in [6.45, 7) is 0.546. The molecule has 164 valence electrons. The van der Waals surface area contributed by atoms with Gasteiger partial charge in [0.2, 0.25) is 11.8 Å². The Labute approximate surface area is 190 Å². The maximum absolute atomic E-state index is 12.5. The standard InChI is InChI=1S/C24H24N4O3S/c1-31-19-9-5-6-17(14-19)15-20-16-25-24(32-20)26-22(29)10-11-23(30)28-13-12-21(27-28)18-7-3-2-4-8-18/h2-9,14,16H,10-13,15H2,1H3,(H,25,26,29). The molecule has 0 fully saturated rings. The van der Waals surface area contributed by atoms with Crippen molar-refractivity contribution >= 4 is 34.0 Å². The summed E-state index contributed by atoms with van der Waals surface area (Å²) in [5.41, 5.74) is 3.03. The van der Waals surface area contributed by atoms with Crippen molar-refractivity contribution in [2.45, 2.75) is 25.7 Å². The van der Waals surface area contributed by atoms with Gasteiger partial charge in [-0.1, -0.05) is 42.5 Å². The zero-order chi connectivity index (χ0) is 22.3. The Kier molecular flexibility index (Phi) is 6.91. The molecule has 32 heavy (non-hydrogen) atoms. The van der Waals surface area contributed by atoms with E-state index < -0.39 is 0 Å². The smallest absolute Gasteiger partial charge is 0.243 e. The number of amides is 2. The van der Waals surface area contributed by atoms with Crippen molar-refractivity contribution in [2.75, 3.05) is 19.0 Å². The second kappa shape index (κ2) is 10.2. The molecule has 1 aromatic heterocycles. The molecule has 0 radical (unpaired) electrons. The quantitative estimate of drug-likeness (QED) is 0.562. The molecule has 3 aromatic rings. The third-order valence-electron chi connectivity index (χ3n) is 5.08. The summed E-state index contributed by atoms with van der Waals surface area (Å²) in [5.74, 6) is 0.430. The predicted octanol–water partition coefficient (Wildman–Crippen LogP) is 4.10. The first-order chi connectivity index (χ1) is 15.6. The van der Waals surface area contributed by atoms with E-state index in [0.717, 1.165) is 33.9 Å². The summed E-state index contributed by atoms with van der Waals surface area (Å²) in [4.78, 5) is 30.1. The largest absolute Gasteiger partial charge is 0.497 e. The highest BCUT2D eigenvalue weighted by atomic mass is 32.1. The Morgan fingerprint density at radius 1 is 1.12 bits per heavy atom. The number of nitrogens with zero attached hydrogens (tertiary/aromatic N) is 3.